The zero-order chi connectivity index (χ0) is 30.4. The highest BCUT2D eigenvalue weighted by molar-refractivity contribution is 7.44. The van der Waals surface area contributed by atoms with E-state index in [4.69, 9.17) is 9.94 Å². The Morgan fingerprint density at radius 3 is 2.43 bits per heavy atom. The maximum atomic E-state index is 15.1. The van der Waals surface area contributed by atoms with Crippen molar-refractivity contribution in [2.45, 2.75) is 87.9 Å². The molecular formula is C31H40F4N4O2S. The van der Waals surface area contributed by atoms with Crippen LogP contribution in [0.3, 0.4) is 0 Å². The van der Waals surface area contributed by atoms with Gasteiger partial charge < -0.3 is 11.1 Å². The molecule has 2 aromatic carbocycles. The minimum atomic E-state index is -2.73. The highest BCUT2D eigenvalue weighted by Crippen LogP contribution is 2.43. The molecule has 0 aromatic heterocycles. The zero-order valence-corrected chi connectivity index (χ0v) is 24.7. The Morgan fingerprint density at radius 1 is 1.05 bits per heavy atom. The van der Waals surface area contributed by atoms with Gasteiger partial charge in [0.15, 0.2) is 12.5 Å². The highest BCUT2D eigenvalue weighted by atomic mass is 32.1. The van der Waals surface area contributed by atoms with E-state index in [-0.39, 0.29) is 43.6 Å². The van der Waals surface area contributed by atoms with E-state index in [0.717, 1.165) is 32.4 Å². The first-order chi connectivity index (χ1) is 20.1. The lowest BCUT2D eigenvalue weighted by Gasteiger charge is -2.44. The van der Waals surface area contributed by atoms with Gasteiger partial charge in [0.05, 0.1) is 12.2 Å². The smallest absolute Gasteiger partial charge is 0.248 e. The molecule has 4 aliphatic rings. The Kier molecular flexibility index (Phi) is 11.1. The Morgan fingerprint density at radius 2 is 1.74 bits per heavy atom. The Hall–Kier alpha value is -2.47. The van der Waals surface area contributed by atoms with Gasteiger partial charge in [-0.25, -0.2) is 17.6 Å². The van der Waals surface area contributed by atoms with Crippen LogP contribution in [0, 0.1) is 17.6 Å². The fourth-order valence-electron chi connectivity index (χ4n) is 7.16. The molecule has 2 aromatic rings. The van der Waals surface area contributed by atoms with Crippen LogP contribution in [0.4, 0.5) is 23.2 Å². The molecule has 1 aliphatic carbocycles. The third-order valence-electron chi connectivity index (χ3n) is 9.44. The molecule has 3 unspecified atom stereocenters. The number of amides is 1. The normalized spacial score (nSPS) is 25.5. The lowest BCUT2D eigenvalue weighted by molar-refractivity contribution is -0.118. The average Bonchev–Trinajstić information content (AvgIpc) is 3.30. The number of benzene rings is 2. The van der Waals surface area contributed by atoms with Gasteiger partial charge in [0.2, 0.25) is 11.8 Å². The van der Waals surface area contributed by atoms with Crippen molar-refractivity contribution in [1.29, 1.82) is 0 Å². The van der Waals surface area contributed by atoms with E-state index in [2.05, 4.69) is 34.7 Å². The van der Waals surface area contributed by atoms with Crippen LogP contribution >= 0.6 is 0 Å². The van der Waals surface area contributed by atoms with Crippen molar-refractivity contribution in [3.63, 3.8) is 0 Å². The second kappa shape index (κ2) is 14.3. The molecule has 3 heterocycles. The lowest BCUT2D eigenvalue weighted by atomic mass is 9.72. The van der Waals surface area contributed by atoms with Crippen molar-refractivity contribution in [3.05, 3.63) is 65.2 Å². The second-order valence-electron chi connectivity index (χ2n) is 11.9. The van der Waals surface area contributed by atoms with Crippen LogP contribution in [0.1, 0.15) is 68.4 Å². The van der Waals surface area contributed by atoms with E-state index in [1.54, 1.807) is 24.3 Å². The summed E-state index contributed by atoms with van der Waals surface area (Å²) in [6.45, 7) is 2.09. The van der Waals surface area contributed by atoms with Gasteiger partial charge in [0, 0.05) is 42.6 Å². The summed E-state index contributed by atoms with van der Waals surface area (Å²) < 4.78 is 64.5. The summed E-state index contributed by atoms with van der Waals surface area (Å²) in [4.78, 5) is 18.4. The van der Waals surface area contributed by atoms with E-state index in [9.17, 15) is 18.0 Å². The van der Waals surface area contributed by atoms with E-state index in [1.165, 1.54) is 24.6 Å². The molecule has 2 bridgehead atoms. The minimum Gasteiger partial charge on any atom is -0.324 e. The van der Waals surface area contributed by atoms with Crippen LogP contribution in [0.25, 0.3) is 0 Å². The number of alkyl halides is 2. The SMILES string of the molecule is CN1C2CCCN(CC2)C1CCc1c(F)cccc1NC(=O)[C@@H](N)[C@H](c1ccc(F)cc1)C1CCC(F)(F)CC1.O=S. The number of anilines is 1. The van der Waals surface area contributed by atoms with E-state index >= 15 is 4.39 Å². The van der Waals surface area contributed by atoms with Crippen LogP contribution in [-0.4, -0.2) is 64.2 Å². The number of hydrogen-bond donors (Lipinski definition) is 2. The molecule has 11 heteroatoms. The van der Waals surface area contributed by atoms with E-state index < -0.39 is 29.6 Å². The summed E-state index contributed by atoms with van der Waals surface area (Å²) in [6, 6.07) is 9.84. The maximum Gasteiger partial charge on any atom is 0.248 e. The number of nitrogens with zero attached hydrogens (tertiary/aromatic N) is 2. The zero-order valence-electron chi connectivity index (χ0n) is 23.9. The van der Waals surface area contributed by atoms with Gasteiger partial charge >= 0.3 is 0 Å². The molecule has 0 radical (unpaired) electrons. The standard InChI is InChI=1S/C31H40F4N4O.OS/c1-38-23-4-3-18-39(19-15-23)27(38)12-11-24-25(33)5-2-6-26(24)37-30(40)29(36)28(20-7-9-22(32)10-8-20)21-13-16-31(34,35)17-14-21;1-2/h2,5-10,21,23,27-29H,3-4,11-19,36H2,1H3,(H,37,40);/t23?,27?,28-,29+;/m1./s1. The molecule has 1 saturated carbocycles. The summed E-state index contributed by atoms with van der Waals surface area (Å²) in [5.41, 5.74) is 7.99. The van der Waals surface area contributed by atoms with Crippen LogP contribution in [0.5, 0.6) is 0 Å². The fourth-order valence-corrected chi connectivity index (χ4v) is 7.16. The van der Waals surface area contributed by atoms with Crippen LogP contribution in [0.2, 0.25) is 0 Å². The Labute approximate surface area is 250 Å². The van der Waals surface area contributed by atoms with E-state index in [1.807, 2.05) is 0 Å². The third kappa shape index (κ3) is 7.53. The molecule has 6 rings (SSSR count). The van der Waals surface area contributed by atoms with Gasteiger partial charge in [-0.15, -0.1) is 0 Å². The average molecular weight is 609 g/mol. The van der Waals surface area contributed by atoms with Crippen molar-refractivity contribution in [1.82, 2.24) is 9.80 Å². The molecule has 5 atom stereocenters. The van der Waals surface area contributed by atoms with Gasteiger partial charge in [0.25, 0.3) is 0 Å². The van der Waals surface area contributed by atoms with Gasteiger partial charge in [-0.05, 0) is 94.3 Å². The second-order valence-corrected chi connectivity index (χ2v) is 11.9. The summed E-state index contributed by atoms with van der Waals surface area (Å²) in [6.07, 6.45) is 4.79. The molecule has 3 saturated heterocycles. The first-order valence-corrected chi connectivity index (χ1v) is 15.1. The van der Waals surface area contributed by atoms with Crippen LogP contribution in [0.15, 0.2) is 42.5 Å². The van der Waals surface area contributed by atoms with Gasteiger partial charge in [-0.1, -0.05) is 18.2 Å². The third-order valence-corrected chi connectivity index (χ3v) is 9.44. The predicted octanol–water partition coefficient (Wildman–Crippen LogP) is 5.56. The molecule has 3 aliphatic heterocycles. The molecular weight excluding hydrogens is 568 g/mol. The maximum absolute atomic E-state index is 15.1. The molecule has 1 amide bonds. The summed E-state index contributed by atoms with van der Waals surface area (Å²) in [7, 11) is 2.15. The number of rotatable bonds is 8. The molecule has 42 heavy (non-hydrogen) atoms. The molecule has 3 N–H and O–H groups in total. The summed E-state index contributed by atoms with van der Waals surface area (Å²) in [5, 5.41) is 2.86. The molecule has 4 fully saturated rings. The topological polar surface area (TPSA) is 78.7 Å². The van der Waals surface area contributed by atoms with Crippen LogP contribution < -0.4 is 11.1 Å². The van der Waals surface area contributed by atoms with Crippen molar-refractivity contribution in [3.8, 4) is 0 Å². The fraction of sp³-hybridized carbons (Fsp3) is 0.581. The number of nitrogens with two attached hydrogens (primary N) is 1. The predicted molar refractivity (Wildman–Crippen MR) is 156 cm³/mol. The molecule has 6 nitrogen and oxygen atoms in total. The van der Waals surface area contributed by atoms with Crippen LogP contribution in [-0.2, 0) is 23.7 Å². The number of carbonyl (C=O) groups is 1. The quantitative estimate of drug-likeness (QED) is 0.382. The number of nitrogens with one attached hydrogen (secondary N) is 1. The first-order valence-electron chi connectivity index (χ1n) is 14.7. The Balaban J connectivity index is 0.00000198. The van der Waals surface area contributed by atoms with Gasteiger partial charge in [-0.3, -0.25) is 14.6 Å². The minimum absolute atomic E-state index is 0.216. The van der Waals surface area contributed by atoms with Gasteiger partial charge in [-0.2, -0.15) is 4.21 Å². The highest BCUT2D eigenvalue weighted by Gasteiger charge is 2.41. The largest absolute Gasteiger partial charge is 0.324 e. The number of fused-ring (bicyclic) bond motifs is 4. The number of hydrogen-bond acceptors (Lipinski definition) is 6. The molecule has 0 spiro atoms. The van der Waals surface area contributed by atoms with Gasteiger partial charge in [0.1, 0.15) is 11.6 Å². The van der Waals surface area contributed by atoms with Crippen molar-refractivity contribution in [2.24, 2.45) is 11.7 Å². The summed E-state index contributed by atoms with van der Waals surface area (Å²) >= 11 is 2.83. The van der Waals surface area contributed by atoms with Crippen molar-refractivity contribution < 1.29 is 26.6 Å². The van der Waals surface area contributed by atoms with Crippen molar-refractivity contribution in [2.75, 3.05) is 25.5 Å². The van der Waals surface area contributed by atoms with E-state index in [0.29, 0.717) is 29.3 Å². The Bertz CT molecular complexity index is 1190. The first kappa shape index (κ1) is 32.4. The number of carbonyl (C=O) groups excluding carboxylic acids is 1. The lowest BCUT2D eigenvalue weighted by Crippen LogP contribution is -2.54. The summed E-state index contributed by atoms with van der Waals surface area (Å²) in [5.74, 6) is -4.87. The number of halogens is 4. The molecule has 230 valence electrons. The monoisotopic (exact) mass is 608 g/mol. The van der Waals surface area contributed by atoms with Crippen molar-refractivity contribution >= 4 is 24.1 Å².